The van der Waals surface area contributed by atoms with Gasteiger partial charge in [0.1, 0.15) is 11.5 Å². The molecule has 0 aromatic heterocycles. The lowest BCUT2D eigenvalue weighted by molar-refractivity contribution is -0.119. The third kappa shape index (κ3) is 4.72. The van der Waals surface area contributed by atoms with Gasteiger partial charge in [-0.25, -0.2) is 0 Å². The van der Waals surface area contributed by atoms with Crippen molar-refractivity contribution >= 4 is 11.6 Å². The highest BCUT2D eigenvalue weighted by atomic mass is 16.5. The topological polar surface area (TPSA) is 66.8 Å². The molecule has 0 fully saturated rings. The van der Waals surface area contributed by atoms with E-state index in [9.17, 15) is 14.7 Å². The quantitative estimate of drug-likeness (QED) is 0.521. The van der Waals surface area contributed by atoms with Gasteiger partial charge in [0.15, 0.2) is 11.6 Å². The highest BCUT2D eigenvalue weighted by Crippen LogP contribution is 2.55. The lowest BCUT2D eigenvalue weighted by Gasteiger charge is -2.49. The number of methoxy groups -OCH3 is 1. The molecule has 1 heterocycles. The van der Waals surface area contributed by atoms with E-state index in [1.807, 2.05) is 30.3 Å². The van der Waals surface area contributed by atoms with Gasteiger partial charge in [-0.2, -0.15) is 0 Å². The van der Waals surface area contributed by atoms with Gasteiger partial charge in [0.05, 0.1) is 7.11 Å². The van der Waals surface area contributed by atoms with E-state index in [2.05, 4.69) is 38.7 Å². The average Bonchev–Trinajstić information content (AvgIpc) is 2.81. The predicted octanol–water partition coefficient (Wildman–Crippen LogP) is 6.33. The van der Waals surface area contributed by atoms with Crippen LogP contribution >= 0.6 is 0 Å². The monoisotopic (exact) mass is 499 g/mol. The van der Waals surface area contributed by atoms with Crippen molar-refractivity contribution in [3.05, 3.63) is 82.2 Å². The standard InChI is InChI=1S/C32H37NO4/c1-31(2)16-23-29(26(35)18-31)28(22-11-6-7-12-25(22)34)30-24(17-32(3,4)19-27(30)36)33(23)14-13-20-9-8-10-21(15-20)37-5/h6-12,15,28,34H,13-14,16-19H2,1-5H3. The van der Waals surface area contributed by atoms with Gasteiger partial charge < -0.3 is 14.7 Å². The number of ketones is 2. The zero-order chi connectivity index (χ0) is 26.5. The van der Waals surface area contributed by atoms with Crippen LogP contribution < -0.4 is 4.74 Å². The molecule has 0 radical (unpaired) electrons. The van der Waals surface area contributed by atoms with Crippen molar-refractivity contribution in [3.8, 4) is 11.5 Å². The van der Waals surface area contributed by atoms with Crippen molar-refractivity contribution in [2.24, 2.45) is 10.8 Å². The molecule has 0 spiro atoms. The summed E-state index contributed by atoms with van der Waals surface area (Å²) < 4.78 is 5.43. The number of aromatic hydroxyl groups is 1. The molecule has 1 aliphatic heterocycles. The van der Waals surface area contributed by atoms with E-state index in [0.29, 0.717) is 36.1 Å². The van der Waals surface area contributed by atoms with Crippen LogP contribution in [0.2, 0.25) is 0 Å². The number of hydrogen-bond acceptors (Lipinski definition) is 5. The smallest absolute Gasteiger partial charge is 0.162 e. The first-order valence-corrected chi connectivity index (χ1v) is 13.2. The van der Waals surface area contributed by atoms with Gasteiger partial charge in [-0.3, -0.25) is 9.59 Å². The van der Waals surface area contributed by atoms with Crippen molar-refractivity contribution in [1.82, 2.24) is 4.90 Å². The number of ether oxygens (including phenoxy) is 1. The number of phenols is 1. The molecule has 5 nitrogen and oxygen atoms in total. The highest BCUT2D eigenvalue weighted by Gasteiger charge is 2.49. The molecule has 0 atom stereocenters. The first-order chi connectivity index (χ1) is 17.5. The zero-order valence-electron chi connectivity index (χ0n) is 22.6. The maximum Gasteiger partial charge on any atom is 0.162 e. The summed E-state index contributed by atoms with van der Waals surface area (Å²) in [4.78, 5) is 30.0. The summed E-state index contributed by atoms with van der Waals surface area (Å²) in [6, 6.07) is 15.2. The Morgan fingerprint density at radius 3 is 2.03 bits per heavy atom. The van der Waals surface area contributed by atoms with Gasteiger partial charge in [-0.1, -0.05) is 58.0 Å². The fourth-order valence-corrected chi connectivity index (χ4v) is 6.43. The number of benzene rings is 2. The third-order valence-corrected chi connectivity index (χ3v) is 8.03. The van der Waals surface area contributed by atoms with Crippen molar-refractivity contribution in [1.29, 1.82) is 0 Å². The minimum Gasteiger partial charge on any atom is -0.508 e. The number of carbonyl (C=O) groups is 2. The Balaban J connectivity index is 1.69. The summed E-state index contributed by atoms with van der Waals surface area (Å²) in [5.74, 6) is 0.585. The number of nitrogens with zero attached hydrogens (tertiary/aromatic N) is 1. The molecule has 0 amide bonds. The van der Waals surface area contributed by atoms with Crippen molar-refractivity contribution in [2.45, 2.75) is 65.7 Å². The Bertz CT molecular complexity index is 1280. The SMILES string of the molecule is COc1cccc(CCN2C3=C(C(=O)CC(C)(C)C3)C(c3ccccc3O)C3=C2CC(C)(C)CC3=O)c1. The molecule has 3 aliphatic rings. The normalized spacial score (nSPS) is 21.2. The molecular weight excluding hydrogens is 462 g/mol. The van der Waals surface area contributed by atoms with E-state index in [4.69, 9.17) is 4.74 Å². The summed E-state index contributed by atoms with van der Waals surface area (Å²) in [7, 11) is 1.67. The summed E-state index contributed by atoms with van der Waals surface area (Å²) in [6.07, 6.45) is 3.13. The lowest BCUT2D eigenvalue weighted by Crippen LogP contribution is -2.45. The second-order valence-corrected chi connectivity index (χ2v) is 12.3. The number of Topliss-reactive ketones (excluding diaryl/α,β-unsaturated/α-hetero) is 2. The van der Waals surface area contributed by atoms with Gasteiger partial charge in [0.2, 0.25) is 0 Å². The highest BCUT2D eigenvalue weighted by molar-refractivity contribution is 6.07. The Labute approximate surface area is 219 Å². The number of phenolic OH excluding ortho intramolecular Hbond substituents is 1. The summed E-state index contributed by atoms with van der Waals surface area (Å²) >= 11 is 0. The minimum atomic E-state index is -0.522. The first-order valence-electron chi connectivity index (χ1n) is 13.2. The molecule has 2 aliphatic carbocycles. The molecule has 2 aromatic carbocycles. The zero-order valence-corrected chi connectivity index (χ0v) is 22.6. The first kappa shape index (κ1) is 25.3. The molecule has 5 rings (SSSR count). The van der Waals surface area contributed by atoms with Gasteiger partial charge in [-0.05, 0) is 53.9 Å². The molecule has 1 N–H and O–H groups in total. The molecule has 0 saturated heterocycles. The molecule has 37 heavy (non-hydrogen) atoms. The van der Waals surface area contributed by atoms with Crippen LogP contribution in [0.15, 0.2) is 71.1 Å². The number of hydrogen-bond donors (Lipinski definition) is 1. The van der Waals surface area contributed by atoms with Crippen LogP contribution in [0, 0.1) is 10.8 Å². The summed E-state index contributed by atoms with van der Waals surface area (Å²) in [6.45, 7) is 9.24. The van der Waals surface area contributed by atoms with Crippen molar-refractivity contribution < 1.29 is 19.4 Å². The van der Waals surface area contributed by atoms with Crippen LogP contribution in [0.4, 0.5) is 0 Å². The fraction of sp³-hybridized carbons (Fsp3) is 0.438. The van der Waals surface area contributed by atoms with E-state index in [1.54, 1.807) is 19.2 Å². The summed E-state index contributed by atoms with van der Waals surface area (Å²) in [5, 5.41) is 10.9. The van der Waals surface area contributed by atoms with Gasteiger partial charge in [0, 0.05) is 53.4 Å². The van der Waals surface area contributed by atoms with Crippen LogP contribution in [-0.2, 0) is 16.0 Å². The van der Waals surface area contributed by atoms with Crippen LogP contribution in [0.1, 0.15) is 70.4 Å². The van der Waals surface area contributed by atoms with Crippen LogP contribution in [-0.4, -0.2) is 35.2 Å². The number of rotatable bonds is 5. The average molecular weight is 500 g/mol. The minimum absolute atomic E-state index is 0.0788. The van der Waals surface area contributed by atoms with E-state index in [1.165, 1.54) is 0 Å². The number of carbonyl (C=O) groups excluding carboxylic acids is 2. The van der Waals surface area contributed by atoms with E-state index in [0.717, 1.165) is 42.0 Å². The van der Waals surface area contributed by atoms with Crippen LogP contribution in [0.25, 0.3) is 0 Å². The van der Waals surface area contributed by atoms with E-state index < -0.39 is 5.92 Å². The number of allylic oxidation sites excluding steroid dienone is 4. The van der Waals surface area contributed by atoms with Crippen LogP contribution in [0.3, 0.4) is 0 Å². The Morgan fingerprint density at radius 2 is 1.46 bits per heavy atom. The molecule has 0 bridgehead atoms. The number of para-hydroxylation sites is 1. The van der Waals surface area contributed by atoms with Crippen molar-refractivity contribution in [2.75, 3.05) is 13.7 Å². The summed E-state index contributed by atoms with van der Waals surface area (Å²) in [5.41, 5.74) is 4.85. The maximum atomic E-state index is 13.8. The fourth-order valence-electron chi connectivity index (χ4n) is 6.43. The maximum absolute atomic E-state index is 13.8. The lowest BCUT2D eigenvalue weighted by atomic mass is 9.63. The predicted molar refractivity (Wildman–Crippen MR) is 144 cm³/mol. The largest absolute Gasteiger partial charge is 0.508 e. The van der Waals surface area contributed by atoms with Gasteiger partial charge in [0.25, 0.3) is 0 Å². The van der Waals surface area contributed by atoms with E-state index in [-0.39, 0.29) is 28.1 Å². The second kappa shape index (κ2) is 9.20. The molecule has 0 saturated carbocycles. The Kier molecular flexibility index (Phi) is 6.29. The second-order valence-electron chi connectivity index (χ2n) is 12.3. The molecule has 0 unspecified atom stereocenters. The molecular formula is C32H37NO4. The molecule has 194 valence electrons. The van der Waals surface area contributed by atoms with Crippen molar-refractivity contribution in [3.63, 3.8) is 0 Å². The van der Waals surface area contributed by atoms with Gasteiger partial charge >= 0.3 is 0 Å². The van der Waals surface area contributed by atoms with Gasteiger partial charge in [-0.15, -0.1) is 0 Å². The third-order valence-electron chi connectivity index (χ3n) is 8.03. The molecule has 5 heteroatoms. The Morgan fingerprint density at radius 1 is 0.865 bits per heavy atom. The van der Waals surface area contributed by atoms with Crippen LogP contribution in [0.5, 0.6) is 11.5 Å². The van der Waals surface area contributed by atoms with E-state index >= 15 is 0 Å². The molecule has 2 aromatic rings. The Hall–Kier alpha value is -3.34.